The molecule has 2 aromatic carbocycles. The molecule has 5 rings (SSSR count). The fourth-order valence-electron chi connectivity index (χ4n) is 4.40. The number of pyridine rings is 1. The normalized spacial score (nSPS) is 15.1. The highest BCUT2D eigenvalue weighted by Crippen LogP contribution is 2.29. The topological polar surface area (TPSA) is 22.9 Å². The second-order valence-electron chi connectivity index (χ2n) is 7.70. The second-order valence-corrected chi connectivity index (χ2v) is 7.70. The molecule has 3 nitrogen and oxygen atoms in total. The lowest BCUT2D eigenvalue weighted by Crippen LogP contribution is -2.35. The van der Waals surface area contributed by atoms with Crippen LogP contribution in [0.15, 0.2) is 60.8 Å². The molecule has 0 amide bonds. The van der Waals surface area contributed by atoms with Gasteiger partial charge in [0.25, 0.3) is 0 Å². The summed E-state index contributed by atoms with van der Waals surface area (Å²) in [5.74, 6) is 0. The number of para-hydroxylation sites is 2. The van der Waals surface area contributed by atoms with Crippen LogP contribution in [0.4, 0.5) is 5.69 Å². The number of hydrogen-bond donors (Lipinski definition) is 1. The molecule has 1 fully saturated rings. The molecule has 140 valence electrons. The first-order valence-electron chi connectivity index (χ1n) is 10.2. The van der Waals surface area contributed by atoms with E-state index in [1.165, 1.54) is 58.0 Å². The Kier molecular flexibility index (Phi) is 4.36. The first kappa shape index (κ1) is 17.1. The molecule has 0 bridgehead atoms. The van der Waals surface area contributed by atoms with Crippen LogP contribution in [0.1, 0.15) is 30.5 Å². The molecular weight excluding hydrogens is 342 g/mol. The van der Waals surface area contributed by atoms with Crippen molar-refractivity contribution in [3.63, 3.8) is 0 Å². The van der Waals surface area contributed by atoms with Crippen molar-refractivity contribution in [2.24, 2.45) is 7.05 Å². The van der Waals surface area contributed by atoms with Gasteiger partial charge in [0.15, 0.2) is 0 Å². The largest absolute Gasteiger partial charge is 0.371 e. The average Bonchev–Trinajstić information content (AvgIpc) is 3.17. The van der Waals surface area contributed by atoms with Gasteiger partial charge in [0.05, 0.1) is 11.1 Å². The molecule has 0 radical (unpaired) electrons. The third kappa shape index (κ3) is 2.97. The van der Waals surface area contributed by atoms with Crippen molar-refractivity contribution in [1.82, 2.24) is 4.98 Å². The molecule has 0 unspecified atom stereocenters. The van der Waals surface area contributed by atoms with Crippen molar-refractivity contribution < 1.29 is 4.57 Å². The van der Waals surface area contributed by atoms with Gasteiger partial charge in [0.1, 0.15) is 7.05 Å². The van der Waals surface area contributed by atoms with E-state index in [-0.39, 0.29) is 0 Å². The van der Waals surface area contributed by atoms with E-state index >= 15 is 0 Å². The van der Waals surface area contributed by atoms with Gasteiger partial charge in [0, 0.05) is 48.4 Å². The van der Waals surface area contributed by atoms with Crippen LogP contribution >= 0.6 is 0 Å². The van der Waals surface area contributed by atoms with E-state index in [1.54, 1.807) is 0 Å². The molecule has 4 aromatic rings. The van der Waals surface area contributed by atoms with Gasteiger partial charge in [-0.3, -0.25) is 0 Å². The van der Waals surface area contributed by atoms with Gasteiger partial charge in [-0.25, -0.2) is 0 Å². The summed E-state index contributed by atoms with van der Waals surface area (Å²) in [5, 5.41) is 2.61. The quantitative estimate of drug-likeness (QED) is 0.487. The summed E-state index contributed by atoms with van der Waals surface area (Å²) < 4.78 is 2.30. The number of H-pyrrole nitrogens is 1. The fourth-order valence-corrected chi connectivity index (χ4v) is 4.40. The van der Waals surface area contributed by atoms with Crippen LogP contribution in [0.2, 0.25) is 0 Å². The predicted octanol–water partition coefficient (Wildman–Crippen LogP) is 5.31. The summed E-state index contributed by atoms with van der Waals surface area (Å²) in [7, 11) is 2.16. The standard InChI is InChI=1S/C25H25N3/c1-27-20(14-13-19-18-26-23-11-5-3-9-21(19)23)17-25(28-15-7-2-8-16-28)22-10-4-6-12-24(22)27/h3-6,9-14,17-18H,2,7-8,15-16H2,1H3/p+1. The van der Waals surface area contributed by atoms with E-state index < -0.39 is 0 Å². The van der Waals surface area contributed by atoms with Crippen molar-refractivity contribution in [2.45, 2.75) is 19.3 Å². The Morgan fingerprint density at radius 3 is 2.50 bits per heavy atom. The molecule has 3 heteroatoms. The lowest BCUT2D eigenvalue weighted by molar-refractivity contribution is -0.646. The summed E-state index contributed by atoms with van der Waals surface area (Å²) in [6.07, 6.45) is 10.5. The van der Waals surface area contributed by atoms with Gasteiger partial charge in [-0.15, -0.1) is 0 Å². The van der Waals surface area contributed by atoms with Gasteiger partial charge < -0.3 is 9.88 Å². The third-order valence-electron chi connectivity index (χ3n) is 5.96. The number of aromatic nitrogens is 2. The van der Waals surface area contributed by atoms with Crippen LogP contribution in [-0.2, 0) is 7.05 Å². The number of nitrogens with one attached hydrogen (secondary N) is 1. The highest BCUT2D eigenvalue weighted by molar-refractivity contribution is 5.93. The van der Waals surface area contributed by atoms with E-state index in [1.807, 2.05) is 0 Å². The highest BCUT2D eigenvalue weighted by Gasteiger charge is 2.20. The zero-order valence-corrected chi connectivity index (χ0v) is 16.4. The van der Waals surface area contributed by atoms with E-state index in [9.17, 15) is 0 Å². The Labute approximate surface area is 165 Å². The second kappa shape index (κ2) is 7.16. The Morgan fingerprint density at radius 1 is 0.893 bits per heavy atom. The number of hydrogen-bond acceptors (Lipinski definition) is 1. The molecule has 0 atom stereocenters. The number of piperidine rings is 1. The highest BCUT2D eigenvalue weighted by atomic mass is 15.1. The molecule has 1 N–H and O–H groups in total. The maximum atomic E-state index is 3.37. The molecule has 0 spiro atoms. The SMILES string of the molecule is C[n+]1c(/C=C/c2c[nH]c3ccccc23)cc(N2CCCCC2)c2ccccc21. The maximum Gasteiger partial charge on any atom is 0.214 e. The van der Waals surface area contributed by atoms with Gasteiger partial charge in [0.2, 0.25) is 11.2 Å². The van der Waals surface area contributed by atoms with E-state index in [0.29, 0.717) is 0 Å². The van der Waals surface area contributed by atoms with Crippen molar-refractivity contribution in [3.8, 4) is 0 Å². The first-order chi connectivity index (χ1) is 13.8. The smallest absolute Gasteiger partial charge is 0.214 e. The van der Waals surface area contributed by atoms with E-state index in [2.05, 4.69) is 94.4 Å². The van der Waals surface area contributed by atoms with Crippen LogP contribution in [-0.4, -0.2) is 18.1 Å². The molecule has 1 aliphatic heterocycles. The predicted molar refractivity (Wildman–Crippen MR) is 118 cm³/mol. The molecule has 0 saturated carbocycles. The van der Waals surface area contributed by atoms with Gasteiger partial charge in [-0.05, 0) is 43.0 Å². The van der Waals surface area contributed by atoms with Crippen molar-refractivity contribution in [1.29, 1.82) is 0 Å². The zero-order chi connectivity index (χ0) is 18.9. The molecule has 3 heterocycles. The summed E-state index contributed by atoms with van der Waals surface area (Å²) in [6.45, 7) is 2.31. The maximum absolute atomic E-state index is 3.37. The van der Waals surface area contributed by atoms with Crippen molar-refractivity contribution in [2.75, 3.05) is 18.0 Å². The fraction of sp³-hybridized carbons (Fsp3) is 0.240. The monoisotopic (exact) mass is 368 g/mol. The summed E-state index contributed by atoms with van der Waals surface area (Å²) in [4.78, 5) is 5.93. The minimum atomic E-state index is 1.16. The van der Waals surface area contributed by atoms with Gasteiger partial charge >= 0.3 is 0 Å². The first-order valence-corrected chi connectivity index (χ1v) is 10.2. The molecule has 1 aliphatic rings. The van der Waals surface area contributed by atoms with E-state index in [4.69, 9.17) is 0 Å². The summed E-state index contributed by atoms with van der Waals surface area (Å²) >= 11 is 0. The molecule has 28 heavy (non-hydrogen) atoms. The summed E-state index contributed by atoms with van der Waals surface area (Å²) in [6, 6.07) is 19.6. The minimum absolute atomic E-state index is 1.16. The molecule has 1 saturated heterocycles. The van der Waals surface area contributed by atoms with Crippen LogP contribution in [0.5, 0.6) is 0 Å². The molecule has 2 aromatic heterocycles. The number of rotatable bonds is 3. The number of benzene rings is 2. The van der Waals surface area contributed by atoms with Gasteiger partial charge in [-0.2, -0.15) is 4.57 Å². The molecule has 0 aliphatic carbocycles. The van der Waals surface area contributed by atoms with Crippen molar-refractivity contribution >= 4 is 39.6 Å². The van der Waals surface area contributed by atoms with Crippen molar-refractivity contribution in [3.05, 3.63) is 72.1 Å². The zero-order valence-electron chi connectivity index (χ0n) is 16.4. The Hall–Kier alpha value is -3.07. The van der Waals surface area contributed by atoms with E-state index in [0.717, 1.165) is 13.1 Å². The number of aromatic amines is 1. The third-order valence-corrected chi connectivity index (χ3v) is 5.96. The Bertz CT molecular complexity index is 1160. The lowest BCUT2D eigenvalue weighted by atomic mass is 10.1. The lowest BCUT2D eigenvalue weighted by Gasteiger charge is -2.29. The number of fused-ring (bicyclic) bond motifs is 2. The van der Waals surface area contributed by atoms with Crippen LogP contribution < -0.4 is 9.47 Å². The van der Waals surface area contributed by atoms with Crippen LogP contribution in [0, 0.1) is 0 Å². The average molecular weight is 369 g/mol. The number of anilines is 1. The Morgan fingerprint density at radius 2 is 1.64 bits per heavy atom. The Balaban J connectivity index is 1.61. The summed E-state index contributed by atoms with van der Waals surface area (Å²) in [5.41, 5.74) is 6.28. The molecular formula is C25H26N3+. The van der Waals surface area contributed by atoms with Crippen LogP contribution in [0.25, 0.3) is 34.0 Å². The number of aryl methyl sites for hydroxylation is 1. The number of nitrogens with zero attached hydrogens (tertiary/aromatic N) is 2. The van der Waals surface area contributed by atoms with Crippen LogP contribution in [0.3, 0.4) is 0 Å². The van der Waals surface area contributed by atoms with Gasteiger partial charge in [-0.1, -0.05) is 30.3 Å². The minimum Gasteiger partial charge on any atom is -0.371 e.